The van der Waals surface area contributed by atoms with Crippen LogP contribution in [0.25, 0.3) is 6.08 Å². The predicted molar refractivity (Wildman–Crippen MR) is 88.1 cm³/mol. The first kappa shape index (κ1) is 15.0. The third-order valence-electron chi connectivity index (χ3n) is 3.48. The van der Waals surface area contributed by atoms with E-state index in [9.17, 15) is 4.79 Å². The van der Waals surface area contributed by atoms with E-state index in [2.05, 4.69) is 18.7 Å². The van der Waals surface area contributed by atoms with Crippen LogP contribution >= 0.6 is 0 Å². The van der Waals surface area contributed by atoms with E-state index in [-0.39, 0.29) is 5.78 Å². The summed E-state index contributed by atoms with van der Waals surface area (Å²) in [6, 6.07) is 19.4. The quantitative estimate of drug-likeness (QED) is 0.582. The molecule has 2 heteroatoms. The van der Waals surface area contributed by atoms with E-state index in [1.807, 2.05) is 66.7 Å². The summed E-state index contributed by atoms with van der Waals surface area (Å²) in [5.41, 5.74) is 2.52. The monoisotopic (exact) mass is 279 g/mol. The van der Waals surface area contributed by atoms with Crippen LogP contribution in [0.3, 0.4) is 0 Å². The second kappa shape index (κ2) is 7.44. The molecule has 0 saturated carbocycles. The molecule has 0 heterocycles. The van der Waals surface area contributed by atoms with Gasteiger partial charge in [0.1, 0.15) is 0 Å². The van der Waals surface area contributed by atoms with E-state index < -0.39 is 0 Å². The lowest BCUT2D eigenvalue weighted by atomic mass is 10.0. The number of Topliss-reactive ketones (excluding diaryl/α,β-unsaturated/α-hetero) is 1. The van der Waals surface area contributed by atoms with Gasteiger partial charge in [0.2, 0.25) is 5.78 Å². The van der Waals surface area contributed by atoms with Gasteiger partial charge < -0.3 is 4.90 Å². The van der Waals surface area contributed by atoms with E-state index in [1.54, 1.807) is 0 Å². The van der Waals surface area contributed by atoms with Gasteiger partial charge in [-0.3, -0.25) is 4.79 Å². The third-order valence-corrected chi connectivity index (χ3v) is 3.48. The van der Waals surface area contributed by atoms with E-state index in [4.69, 9.17) is 0 Å². The lowest BCUT2D eigenvalue weighted by Gasteiger charge is -2.23. The lowest BCUT2D eigenvalue weighted by Crippen LogP contribution is -2.27. The summed E-state index contributed by atoms with van der Waals surface area (Å²) >= 11 is 0. The lowest BCUT2D eigenvalue weighted by molar-refractivity contribution is 0.0995. The molecular weight excluding hydrogens is 258 g/mol. The number of hydrogen-bond acceptors (Lipinski definition) is 2. The summed E-state index contributed by atoms with van der Waals surface area (Å²) in [5.74, 6) is 0.0724. The first-order valence-electron chi connectivity index (χ1n) is 7.37. The molecule has 2 aromatic rings. The highest BCUT2D eigenvalue weighted by Crippen LogP contribution is 2.16. The van der Waals surface area contributed by atoms with Crippen LogP contribution in [0, 0.1) is 0 Å². The summed E-state index contributed by atoms with van der Waals surface area (Å²) in [4.78, 5) is 14.9. The van der Waals surface area contributed by atoms with Gasteiger partial charge in [-0.2, -0.15) is 0 Å². The number of allylic oxidation sites excluding steroid dienone is 1. The number of likely N-dealkylation sites (N-methyl/N-ethyl adjacent to an activating group) is 1. The molecule has 0 spiro atoms. The van der Waals surface area contributed by atoms with Gasteiger partial charge in [-0.05, 0) is 25.5 Å². The first-order valence-corrected chi connectivity index (χ1v) is 7.37. The molecule has 0 aliphatic rings. The van der Waals surface area contributed by atoms with Crippen molar-refractivity contribution in [2.45, 2.75) is 13.8 Å². The molecule has 2 aromatic carbocycles. The zero-order valence-electron chi connectivity index (χ0n) is 12.6. The Hall–Kier alpha value is -2.35. The second-order valence-corrected chi connectivity index (χ2v) is 4.81. The van der Waals surface area contributed by atoms with Crippen LogP contribution in [-0.2, 0) is 0 Å². The van der Waals surface area contributed by atoms with Crippen LogP contribution < -0.4 is 0 Å². The second-order valence-electron chi connectivity index (χ2n) is 4.81. The van der Waals surface area contributed by atoms with Crippen molar-refractivity contribution in [3.8, 4) is 0 Å². The Bertz CT molecular complexity index is 598. The number of rotatable bonds is 6. The van der Waals surface area contributed by atoms with Gasteiger partial charge in [0.15, 0.2) is 0 Å². The molecule has 0 amide bonds. The van der Waals surface area contributed by atoms with Gasteiger partial charge in [-0.1, -0.05) is 60.7 Å². The molecule has 0 bridgehead atoms. The average molecular weight is 279 g/mol. The molecule has 0 saturated heterocycles. The molecule has 108 valence electrons. The summed E-state index contributed by atoms with van der Waals surface area (Å²) in [6.45, 7) is 5.77. The standard InChI is InChI=1S/C19H21NO/c1-3-20(4-2)18(15-16-11-7-5-8-12-16)19(21)17-13-9-6-10-14-17/h5-15H,3-4H2,1-2H3/b18-15-. The molecule has 0 fully saturated rings. The highest BCUT2D eigenvalue weighted by molar-refractivity contribution is 6.10. The van der Waals surface area contributed by atoms with E-state index in [0.29, 0.717) is 0 Å². The number of ketones is 1. The predicted octanol–water partition coefficient (Wildman–Crippen LogP) is 4.25. The molecule has 0 aromatic heterocycles. The van der Waals surface area contributed by atoms with Crippen LogP contribution in [0.2, 0.25) is 0 Å². The Morgan fingerprint density at radius 2 is 1.43 bits per heavy atom. The molecular formula is C19H21NO. The Balaban J connectivity index is 2.42. The van der Waals surface area contributed by atoms with E-state index in [0.717, 1.165) is 29.9 Å². The van der Waals surface area contributed by atoms with Crippen LogP contribution in [0.15, 0.2) is 66.4 Å². The van der Waals surface area contributed by atoms with Crippen molar-refractivity contribution in [2.24, 2.45) is 0 Å². The first-order chi connectivity index (χ1) is 10.3. The van der Waals surface area contributed by atoms with Crippen molar-refractivity contribution in [1.29, 1.82) is 0 Å². The van der Waals surface area contributed by atoms with Crippen molar-refractivity contribution in [3.05, 3.63) is 77.5 Å². The fourth-order valence-corrected chi connectivity index (χ4v) is 2.31. The molecule has 0 radical (unpaired) electrons. The van der Waals surface area contributed by atoms with Gasteiger partial charge in [-0.15, -0.1) is 0 Å². The number of carbonyl (C=O) groups is 1. The summed E-state index contributed by atoms with van der Waals surface area (Å²) in [5, 5.41) is 0. The number of nitrogens with zero attached hydrogens (tertiary/aromatic N) is 1. The Kier molecular flexibility index (Phi) is 5.33. The molecule has 21 heavy (non-hydrogen) atoms. The SMILES string of the molecule is CCN(CC)/C(=C\c1ccccc1)C(=O)c1ccccc1. The normalized spacial score (nSPS) is 11.2. The number of hydrogen-bond donors (Lipinski definition) is 0. The van der Waals surface area contributed by atoms with E-state index in [1.165, 1.54) is 0 Å². The maximum absolute atomic E-state index is 12.8. The number of benzene rings is 2. The van der Waals surface area contributed by atoms with Crippen molar-refractivity contribution >= 4 is 11.9 Å². The van der Waals surface area contributed by atoms with Gasteiger partial charge in [0, 0.05) is 18.7 Å². The van der Waals surface area contributed by atoms with Crippen LogP contribution in [0.5, 0.6) is 0 Å². The topological polar surface area (TPSA) is 20.3 Å². The van der Waals surface area contributed by atoms with Crippen molar-refractivity contribution in [1.82, 2.24) is 4.90 Å². The minimum Gasteiger partial charge on any atom is -0.369 e. The highest BCUT2D eigenvalue weighted by Gasteiger charge is 2.16. The fourth-order valence-electron chi connectivity index (χ4n) is 2.31. The van der Waals surface area contributed by atoms with Gasteiger partial charge in [0.05, 0.1) is 5.70 Å². The van der Waals surface area contributed by atoms with Crippen molar-refractivity contribution in [2.75, 3.05) is 13.1 Å². The molecule has 0 unspecified atom stereocenters. The summed E-state index contributed by atoms with van der Waals surface area (Å²) in [7, 11) is 0. The minimum atomic E-state index is 0.0724. The Morgan fingerprint density at radius 1 is 0.905 bits per heavy atom. The van der Waals surface area contributed by atoms with Gasteiger partial charge in [0.25, 0.3) is 0 Å². The van der Waals surface area contributed by atoms with Crippen LogP contribution in [0.1, 0.15) is 29.8 Å². The summed E-state index contributed by atoms with van der Waals surface area (Å²) in [6.07, 6.45) is 1.97. The molecule has 0 atom stereocenters. The highest BCUT2D eigenvalue weighted by atomic mass is 16.1. The van der Waals surface area contributed by atoms with Crippen molar-refractivity contribution in [3.63, 3.8) is 0 Å². The average Bonchev–Trinajstić information content (AvgIpc) is 2.56. The Morgan fingerprint density at radius 3 is 1.95 bits per heavy atom. The van der Waals surface area contributed by atoms with Gasteiger partial charge in [-0.25, -0.2) is 0 Å². The maximum Gasteiger partial charge on any atom is 0.209 e. The molecule has 0 aliphatic carbocycles. The minimum absolute atomic E-state index is 0.0724. The van der Waals surface area contributed by atoms with Crippen LogP contribution in [0.4, 0.5) is 0 Å². The largest absolute Gasteiger partial charge is 0.369 e. The maximum atomic E-state index is 12.8. The molecule has 0 N–H and O–H groups in total. The van der Waals surface area contributed by atoms with Gasteiger partial charge >= 0.3 is 0 Å². The fraction of sp³-hybridized carbons (Fsp3) is 0.211. The van der Waals surface area contributed by atoms with Crippen molar-refractivity contribution < 1.29 is 4.79 Å². The number of carbonyl (C=O) groups excluding carboxylic acids is 1. The molecule has 0 aliphatic heterocycles. The molecule has 2 rings (SSSR count). The molecule has 2 nitrogen and oxygen atoms in total. The Labute approximate surface area is 126 Å². The smallest absolute Gasteiger partial charge is 0.209 e. The summed E-state index contributed by atoms with van der Waals surface area (Å²) < 4.78 is 0. The third kappa shape index (κ3) is 3.82. The van der Waals surface area contributed by atoms with Crippen LogP contribution in [-0.4, -0.2) is 23.8 Å². The van der Waals surface area contributed by atoms with E-state index >= 15 is 0 Å². The zero-order chi connectivity index (χ0) is 15.1. The zero-order valence-corrected chi connectivity index (χ0v) is 12.6.